The van der Waals surface area contributed by atoms with Gasteiger partial charge in [0.15, 0.2) is 0 Å². The summed E-state index contributed by atoms with van der Waals surface area (Å²) in [5.41, 5.74) is 2.27. The maximum Gasteiger partial charge on any atom is 0.305 e. The SMILES string of the molecule is CCCCCCCC(/C=C/CCCCCCCC(=O)OC)c1cc(C)ccc1O. The number of ether oxygens (including phenoxy) is 1. The van der Waals surface area contributed by atoms with Crippen molar-refractivity contribution in [2.24, 2.45) is 0 Å². The van der Waals surface area contributed by atoms with Gasteiger partial charge in [0, 0.05) is 17.9 Å². The first kappa shape index (κ1) is 25.3. The molecule has 1 atom stereocenters. The van der Waals surface area contributed by atoms with Crippen LogP contribution in [0.2, 0.25) is 0 Å². The van der Waals surface area contributed by atoms with E-state index in [0.717, 1.165) is 31.2 Å². The number of methoxy groups -OCH3 is 1. The van der Waals surface area contributed by atoms with Gasteiger partial charge in [-0.2, -0.15) is 0 Å². The Labute approximate surface area is 178 Å². The number of rotatable bonds is 16. The third kappa shape index (κ3) is 11.7. The smallest absolute Gasteiger partial charge is 0.305 e. The van der Waals surface area contributed by atoms with Gasteiger partial charge in [0.05, 0.1) is 7.11 Å². The molecule has 0 fully saturated rings. The largest absolute Gasteiger partial charge is 0.508 e. The molecular formula is C26H42O3. The molecule has 1 N–H and O–H groups in total. The van der Waals surface area contributed by atoms with E-state index < -0.39 is 0 Å². The summed E-state index contributed by atoms with van der Waals surface area (Å²) in [6.07, 6.45) is 19.3. The molecule has 0 aliphatic carbocycles. The van der Waals surface area contributed by atoms with E-state index in [1.54, 1.807) is 0 Å². The zero-order valence-corrected chi connectivity index (χ0v) is 18.9. The monoisotopic (exact) mass is 402 g/mol. The van der Waals surface area contributed by atoms with Crippen LogP contribution in [-0.4, -0.2) is 18.2 Å². The minimum absolute atomic E-state index is 0.104. The van der Waals surface area contributed by atoms with E-state index in [1.165, 1.54) is 64.0 Å². The quantitative estimate of drug-likeness (QED) is 0.176. The van der Waals surface area contributed by atoms with E-state index in [9.17, 15) is 9.90 Å². The maximum absolute atomic E-state index is 11.1. The van der Waals surface area contributed by atoms with E-state index in [-0.39, 0.29) is 5.97 Å². The average molecular weight is 403 g/mol. The number of phenols is 1. The topological polar surface area (TPSA) is 46.5 Å². The molecule has 164 valence electrons. The zero-order chi connectivity index (χ0) is 21.3. The first-order valence-corrected chi connectivity index (χ1v) is 11.6. The molecule has 29 heavy (non-hydrogen) atoms. The zero-order valence-electron chi connectivity index (χ0n) is 18.9. The third-order valence-corrected chi connectivity index (χ3v) is 5.55. The Hall–Kier alpha value is -1.77. The van der Waals surface area contributed by atoms with Gasteiger partial charge in [0.25, 0.3) is 0 Å². The van der Waals surface area contributed by atoms with Gasteiger partial charge < -0.3 is 9.84 Å². The highest BCUT2D eigenvalue weighted by Crippen LogP contribution is 2.32. The second kappa shape index (κ2) is 16.1. The molecule has 0 saturated heterocycles. The molecule has 3 nitrogen and oxygen atoms in total. The Kier molecular flexibility index (Phi) is 14.0. The summed E-state index contributed by atoms with van der Waals surface area (Å²) in [5.74, 6) is 0.620. The fraction of sp³-hybridized carbons (Fsp3) is 0.654. The minimum atomic E-state index is -0.104. The van der Waals surface area contributed by atoms with Crippen molar-refractivity contribution in [1.29, 1.82) is 0 Å². The Balaban J connectivity index is 2.41. The van der Waals surface area contributed by atoms with Crippen LogP contribution in [0.5, 0.6) is 5.75 Å². The summed E-state index contributed by atoms with van der Waals surface area (Å²) in [7, 11) is 1.45. The minimum Gasteiger partial charge on any atom is -0.508 e. The lowest BCUT2D eigenvalue weighted by molar-refractivity contribution is -0.140. The van der Waals surface area contributed by atoms with Gasteiger partial charge in [-0.3, -0.25) is 4.79 Å². The van der Waals surface area contributed by atoms with Crippen LogP contribution in [0.3, 0.4) is 0 Å². The summed E-state index contributed by atoms with van der Waals surface area (Å²) in [6.45, 7) is 4.33. The van der Waals surface area contributed by atoms with Gasteiger partial charge >= 0.3 is 5.97 Å². The standard InChI is InChI=1S/C26H42O3/c1-4-5-6-10-13-16-23(24-21-22(2)19-20-25(24)27)17-14-11-8-7-9-12-15-18-26(28)29-3/h14,17,19-21,23,27H,4-13,15-16,18H2,1-3H3/b17-14+. The number of unbranched alkanes of at least 4 members (excludes halogenated alkanes) is 9. The van der Waals surface area contributed by atoms with E-state index in [0.29, 0.717) is 18.1 Å². The van der Waals surface area contributed by atoms with Crippen molar-refractivity contribution in [2.75, 3.05) is 7.11 Å². The van der Waals surface area contributed by atoms with Gasteiger partial charge in [-0.25, -0.2) is 0 Å². The Morgan fingerprint density at radius 3 is 2.48 bits per heavy atom. The van der Waals surface area contributed by atoms with Crippen molar-refractivity contribution in [2.45, 2.75) is 103 Å². The van der Waals surface area contributed by atoms with Crippen LogP contribution in [0.25, 0.3) is 0 Å². The fourth-order valence-electron chi connectivity index (χ4n) is 3.72. The number of aromatic hydroxyl groups is 1. The predicted molar refractivity (Wildman–Crippen MR) is 122 cm³/mol. The maximum atomic E-state index is 11.1. The van der Waals surface area contributed by atoms with Crippen LogP contribution >= 0.6 is 0 Å². The molecule has 1 rings (SSSR count). The van der Waals surface area contributed by atoms with Gasteiger partial charge in [-0.05, 0) is 38.7 Å². The highest BCUT2D eigenvalue weighted by atomic mass is 16.5. The molecule has 1 aromatic carbocycles. The Morgan fingerprint density at radius 2 is 1.72 bits per heavy atom. The molecule has 0 aliphatic heterocycles. The predicted octanol–water partition coefficient (Wildman–Crippen LogP) is 7.60. The molecule has 0 radical (unpaired) electrons. The highest BCUT2D eigenvalue weighted by Gasteiger charge is 2.12. The van der Waals surface area contributed by atoms with E-state index in [4.69, 9.17) is 0 Å². The molecule has 1 aromatic rings. The lowest BCUT2D eigenvalue weighted by atomic mass is 9.90. The van der Waals surface area contributed by atoms with Gasteiger partial charge in [-0.15, -0.1) is 0 Å². The van der Waals surface area contributed by atoms with Crippen LogP contribution in [0.15, 0.2) is 30.4 Å². The molecule has 0 spiro atoms. The molecule has 3 heteroatoms. The molecule has 0 saturated carbocycles. The van der Waals surface area contributed by atoms with E-state index in [2.05, 4.69) is 36.8 Å². The second-order valence-corrected chi connectivity index (χ2v) is 8.18. The number of esters is 1. The number of benzene rings is 1. The molecule has 1 unspecified atom stereocenters. The van der Waals surface area contributed by atoms with Gasteiger partial charge in [0.1, 0.15) is 5.75 Å². The average Bonchev–Trinajstić information content (AvgIpc) is 2.72. The summed E-state index contributed by atoms with van der Waals surface area (Å²) in [4.78, 5) is 11.1. The van der Waals surface area contributed by atoms with Crippen molar-refractivity contribution in [1.82, 2.24) is 0 Å². The number of hydrogen-bond donors (Lipinski definition) is 1. The summed E-state index contributed by atoms with van der Waals surface area (Å²) < 4.78 is 4.67. The highest BCUT2D eigenvalue weighted by molar-refractivity contribution is 5.68. The lowest BCUT2D eigenvalue weighted by Crippen LogP contribution is -1.99. The summed E-state index contributed by atoms with van der Waals surface area (Å²) in [6, 6.07) is 5.94. The molecular weight excluding hydrogens is 360 g/mol. The fourth-order valence-corrected chi connectivity index (χ4v) is 3.72. The van der Waals surface area contributed by atoms with Crippen molar-refractivity contribution >= 4 is 5.97 Å². The van der Waals surface area contributed by atoms with Crippen LogP contribution in [-0.2, 0) is 9.53 Å². The molecule has 0 aromatic heterocycles. The Morgan fingerprint density at radius 1 is 1.03 bits per heavy atom. The van der Waals surface area contributed by atoms with Crippen LogP contribution in [0.4, 0.5) is 0 Å². The number of hydrogen-bond acceptors (Lipinski definition) is 3. The van der Waals surface area contributed by atoms with E-state index in [1.807, 2.05) is 12.1 Å². The first-order valence-electron chi connectivity index (χ1n) is 11.6. The van der Waals surface area contributed by atoms with Crippen molar-refractivity contribution in [3.05, 3.63) is 41.5 Å². The first-order chi connectivity index (χ1) is 14.1. The molecule has 0 amide bonds. The van der Waals surface area contributed by atoms with Crippen molar-refractivity contribution < 1.29 is 14.6 Å². The van der Waals surface area contributed by atoms with Gasteiger partial charge in [-0.1, -0.05) is 88.1 Å². The molecule has 0 bridgehead atoms. The second-order valence-electron chi connectivity index (χ2n) is 8.18. The van der Waals surface area contributed by atoms with Crippen molar-refractivity contribution in [3.63, 3.8) is 0 Å². The van der Waals surface area contributed by atoms with Crippen LogP contribution < -0.4 is 0 Å². The number of allylic oxidation sites excluding steroid dienone is 2. The van der Waals surface area contributed by atoms with E-state index >= 15 is 0 Å². The summed E-state index contributed by atoms with van der Waals surface area (Å²) >= 11 is 0. The lowest BCUT2D eigenvalue weighted by Gasteiger charge is -2.16. The van der Waals surface area contributed by atoms with Crippen molar-refractivity contribution in [3.8, 4) is 5.75 Å². The third-order valence-electron chi connectivity index (χ3n) is 5.55. The number of carbonyl (C=O) groups excluding carboxylic acids is 1. The molecule has 0 heterocycles. The summed E-state index contributed by atoms with van der Waals surface area (Å²) in [5, 5.41) is 10.4. The van der Waals surface area contributed by atoms with Gasteiger partial charge in [0.2, 0.25) is 0 Å². The number of carbonyl (C=O) groups is 1. The Bertz CT molecular complexity index is 592. The normalized spacial score (nSPS) is 12.4. The van der Waals surface area contributed by atoms with Crippen LogP contribution in [0.1, 0.15) is 107 Å². The molecule has 0 aliphatic rings. The number of aryl methyl sites for hydroxylation is 1. The number of phenolic OH excluding ortho intramolecular Hbond substituents is 1. The van der Waals surface area contributed by atoms with Crippen LogP contribution in [0, 0.1) is 6.92 Å².